The Morgan fingerprint density at radius 1 is 1.04 bits per heavy atom. The summed E-state index contributed by atoms with van der Waals surface area (Å²) in [4.78, 5) is 23.6. The van der Waals surface area contributed by atoms with Crippen LogP contribution in [0.1, 0.15) is 29.3 Å². The average Bonchev–Trinajstić information content (AvgIpc) is 2.60. The van der Waals surface area contributed by atoms with Gasteiger partial charge >= 0.3 is 0 Å². The minimum absolute atomic E-state index is 0.101. The Labute approximate surface area is 140 Å². The molecule has 0 aliphatic carbocycles. The third-order valence-electron chi connectivity index (χ3n) is 3.34. The first kappa shape index (κ1) is 17.3. The van der Waals surface area contributed by atoms with Crippen molar-refractivity contribution < 1.29 is 19.4 Å². The van der Waals surface area contributed by atoms with Crippen molar-refractivity contribution >= 4 is 11.8 Å². The number of carbonyl (C=O) groups excluding carboxylic acids is 2. The number of para-hydroxylation sites is 1. The summed E-state index contributed by atoms with van der Waals surface area (Å²) in [6.07, 6.45) is 0.778. The Hall–Kier alpha value is -3.02. The molecule has 0 radical (unpaired) electrons. The van der Waals surface area contributed by atoms with Crippen molar-refractivity contribution in [3.63, 3.8) is 0 Å². The molecule has 6 nitrogen and oxygen atoms in total. The maximum Gasteiger partial charge on any atom is 0.273 e. The number of carbonyl (C=O) groups is 2. The zero-order chi connectivity index (χ0) is 17.4. The number of ether oxygens (including phenoxy) is 1. The standard InChI is InChI=1S/C18H20N2O4/c1-2-24-14-10-7-13(8-11-14)9-12-17(22)19-20-18(23)15-5-3-4-6-16(15)21/h3-8,10-11,21H,2,9,12H2,1H3,(H,19,22)(H,20,23). The summed E-state index contributed by atoms with van der Waals surface area (Å²) in [6.45, 7) is 2.53. The molecular weight excluding hydrogens is 308 g/mol. The van der Waals surface area contributed by atoms with Gasteiger partial charge in [-0.25, -0.2) is 0 Å². The van der Waals surface area contributed by atoms with Gasteiger partial charge in [0.1, 0.15) is 11.5 Å². The van der Waals surface area contributed by atoms with E-state index in [1.165, 1.54) is 12.1 Å². The number of phenols is 1. The van der Waals surface area contributed by atoms with Crippen molar-refractivity contribution in [1.29, 1.82) is 0 Å². The molecule has 0 heterocycles. The lowest BCUT2D eigenvalue weighted by Gasteiger charge is -2.09. The molecule has 0 unspecified atom stereocenters. The Morgan fingerprint density at radius 3 is 2.42 bits per heavy atom. The van der Waals surface area contributed by atoms with Crippen LogP contribution in [0, 0.1) is 0 Å². The van der Waals surface area contributed by atoms with Crippen LogP contribution in [0.2, 0.25) is 0 Å². The van der Waals surface area contributed by atoms with Gasteiger partial charge in [0.15, 0.2) is 0 Å². The zero-order valence-corrected chi connectivity index (χ0v) is 13.4. The number of hydrogen-bond acceptors (Lipinski definition) is 4. The lowest BCUT2D eigenvalue weighted by molar-refractivity contribution is -0.121. The summed E-state index contributed by atoms with van der Waals surface area (Å²) in [6, 6.07) is 13.6. The number of hydrazine groups is 1. The second kappa shape index (κ2) is 8.57. The number of phenolic OH excluding ortho intramolecular Hbond substituents is 1. The number of benzene rings is 2. The van der Waals surface area contributed by atoms with Crippen LogP contribution in [0.3, 0.4) is 0 Å². The number of rotatable bonds is 6. The minimum Gasteiger partial charge on any atom is -0.507 e. The lowest BCUT2D eigenvalue weighted by Crippen LogP contribution is -2.41. The molecule has 0 aromatic heterocycles. The van der Waals surface area contributed by atoms with Crippen LogP contribution in [0.25, 0.3) is 0 Å². The molecule has 0 bridgehead atoms. The topological polar surface area (TPSA) is 87.7 Å². The molecule has 24 heavy (non-hydrogen) atoms. The second-order valence-corrected chi connectivity index (χ2v) is 5.10. The van der Waals surface area contributed by atoms with E-state index in [1.54, 1.807) is 12.1 Å². The van der Waals surface area contributed by atoms with Gasteiger partial charge in [-0.15, -0.1) is 0 Å². The fraction of sp³-hybridized carbons (Fsp3) is 0.222. The van der Waals surface area contributed by atoms with Gasteiger partial charge in [-0.3, -0.25) is 20.4 Å². The molecule has 0 spiro atoms. The van der Waals surface area contributed by atoms with Crippen LogP contribution < -0.4 is 15.6 Å². The largest absolute Gasteiger partial charge is 0.507 e. The van der Waals surface area contributed by atoms with Gasteiger partial charge in [0.2, 0.25) is 5.91 Å². The van der Waals surface area contributed by atoms with E-state index in [2.05, 4.69) is 10.9 Å². The molecule has 0 atom stereocenters. The summed E-state index contributed by atoms with van der Waals surface area (Å²) in [5.41, 5.74) is 5.72. The van der Waals surface area contributed by atoms with E-state index in [1.807, 2.05) is 31.2 Å². The van der Waals surface area contributed by atoms with Crippen LogP contribution in [-0.4, -0.2) is 23.5 Å². The lowest BCUT2D eigenvalue weighted by atomic mass is 10.1. The smallest absolute Gasteiger partial charge is 0.273 e. The first-order valence-corrected chi connectivity index (χ1v) is 7.69. The minimum atomic E-state index is -0.567. The highest BCUT2D eigenvalue weighted by Gasteiger charge is 2.11. The van der Waals surface area contributed by atoms with Gasteiger partial charge in [0, 0.05) is 6.42 Å². The molecular formula is C18H20N2O4. The van der Waals surface area contributed by atoms with Gasteiger partial charge < -0.3 is 9.84 Å². The van der Waals surface area contributed by atoms with Crippen LogP contribution in [0.4, 0.5) is 0 Å². The van der Waals surface area contributed by atoms with E-state index in [4.69, 9.17) is 4.74 Å². The first-order chi connectivity index (χ1) is 11.6. The van der Waals surface area contributed by atoms with Gasteiger partial charge in [-0.2, -0.15) is 0 Å². The number of amides is 2. The van der Waals surface area contributed by atoms with E-state index in [9.17, 15) is 14.7 Å². The highest BCUT2D eigenvalue weighted by molar-refractivity contribution is 5.97. The molecule has 0 saturated heterocycles. The van der Waals surface area contributed by atoms with Crippen molar-refractivity contribution in [3.8, 4) is 11.5 Å². The average molecular weight is 328 g/mol. The number of hydrogen-bond donors (Lipinski definition) is 3. The van der Waals surface area contributed by atoms with Crippen LogP contribution in [0.5, 0.6) is 11.5 Å². The maximum absolute atomic E-state index is 11.8. The van der Waals surface area contributed by atoms with E-state index in [0.29, 0.717) is 13.0 Å². The Kier molecular flexibility index (Phi) is 6.19. The molecule has 3 N–H and O–H groups in total. The molecule has 6 heteroatoms. The van der Waals surface area contributed by atoms with Gasteiger partial charge in [0.05, 0.1) is 12.2 Å². The van der Waals surface area contributed by atoms with E-state index >= 15 is 0 Å². The van der Waals surface area contributed by atoms with Crippen LogP contribution in [0.15, 0.2) is 48.5 Å². The molecule has 126 valence electrons. The predicted molar refractivity (Wildman–Crippen MR) is 89.6 cm³/mol. The normalized spacial score (nSPS) is 10.0. The third kappa shape index (κ3) is 5.01. The highest BCUT2D eigenvalue weighted by atomic mass is 16.5. The number of aryl methyl sites for hydroxylation is 1. The Morgan fingerprint density at radius 2 is 1.75 bits per heavy atom. The van der Waals surface area contributed by atoms with E-state index < -0.39 is 5.91 Å². The van der Waals surface area contributed by atoms with Gasteiger partial charge in [-0.05, 0) is 43.2 Å². The van der Waals surface area contributed by atoms with E-state index in [-0.39, 0.29) is 23.6 Å². The molecule has 2 rings (SSSR count). The molecule has 2 amide bonds. The summed E-state index contributed by atoms with van der Waals surface area (Å²) in [7, 11) is 0. The number of aromatic hydroxyl groups is 1. The van der Waals surface area contributed by atoms with Gasteiger partial charge in [0.25, 0.3) is 5.91 Å². The maximum atomic E-state index is 11.8. The number of nitrogens with one attached hydrogen (secondary N) is 2. The first-order valence-electron chi connectivity index (χ1n) is 7.69. The van der Waals surface area contributed by atoms with Crippen molar-refractivity contribution in [3.05, 3.63) is 59.7 Å². The third-order valence-corrected chi connectivity index (χ3v) is 3.34. The quantitative estimate of drug-likeness (QED) is 0.709. The Balaban J connectivity index is 1.77. The highest BCUT2D eigenvalue weighted by Crippen LogP contribution is 2.15. The zero-order valence-electron chi connectivity index (χ0n) is 13.4. The summed E-state index contributed by atoms with van der Waals surface area (Å²) in [5.74, 6) is -0.227. The summed E-state index contributed by atoms with van der Waals surface area (Å²) >= 11 is 0. The second-order valence-electron chi connectivity index (χ2n) is 5.10. The fourth-order valence-electron chi connectivity index (χ4n) is 2.10. The summed E-state index contributed by atoms with van der Waals surface area (Å²) < 4.78 is 5.36. The van der Waals surface area contributed by atoms with Crippen molar-refractivity contribution in [2.75, 3.05) is 6.61 Å². The predicted octanol–water partition coefficient (Wildman–Crippen LogP) is 2.18. The van der Waals surface area contributed by atoms with E-state index in [0.717, 1.165) is 11.3 Å². The molecule has 0 saturated carbocycles. The molecule has 2 aromatic carbocycles. The van der Waals surface area contributed by atoms with Crippen LogP contribution in [-0.2, 0) is 11.2 Å². The summed E-state index contributed by atoms with van der Waals surface area (Å²) in [5, 5.41) is 9.58. The SMILES string of the molecule is CCOc1ccc(CCC(=O)NNC(=O)c2ccccc2O)cc1. The Bertz CT molecular complexity index is 698. The molecule has 2 aromatic rings. The van der Waals surface area contributed by atoms with Crippen molar-refractivity contribution in [2.24, 2.45) is 0 Å². The fourth-order valence-corrected chi connectivity index (χ4v) is 2.10. The van der Waals surface area contributed by atoms with Crippen molar-refractivity contribution in [2.45, 2.75) is 19.8 Å². The molecule has 0 aliphatic heterocycles. The molecule has 0 fully saturated rings. The van der Waals surface area contributed by atoms with Crippen molar-refractivity contribution in [1.82, 2.24) is 10.9 Å². The van der Waals surface area contributed by atoms with Crippen LogP contribution >= 0.6 is 0 Å². The molecule has 0 aliphatic rings. The monoisotopic (exact) mass is 328 g/mol. The van der Waals surface area contributed by atoms with Gasteiger partial charge in [-0.1, -0.05) is 24.3 Å².